The molecule has 2 aliphatic heterocycles. The molecule has 2 saturated heterocycles. The Hall–Kier alpha value is -2.11. The maximum Gasteiger partial charge on any atom is 0.250 e. The highest BCUT2D eigenvalue weighted by atomic mass is 16.2. The lowest BCUT2D eigenvalue weighted by Gasteiger charge is -2.39. The van der Waals surface area contributed by atoms with Gasteiger partial charge in [-0.1, -0.05) is 6.07 Å². The third-order valence-corrected chi connectivity index (χ3v) is 6.17. The molecule has 1 saturated carbocycles. The molecule has 140 valence electrons. The second-order valence-electron chi connectivity index (χ2n) is 8.13. The van der Waals surface area contributed by atoms with E-state index in [2.05, 4.69) is 4.90 Å². The van der Waals surface area contributed by atoms with Crippen LogP contribution >= 0.6 is 0 Å². The van der Waals surface area contributed by atoms with Crippen LogP contribution < -0.4 is 5.56 Å². The summed E-state index contributed by atoms with van der Waals surface area (Å²) < 4.78 is 1.56. The van der Waals surface area contributed by atoms with Crippen molar-refractivity contribution >= 4 is 11.8 Å². The largest absolute Gasteiger partial charge is 0.342 e. The van der Waals surface area contributed by atoms with E-state index in [1.807, 2.05) is 4.90 Å². The zero-order valence-corrected chi connectivity index (χ0v) is 15.2. The summed E-state index contributed by atoms with van der Waals surface area (Å²) in [7, 11) is 0. The van der Waals surface area contributed by atoms with Gasteiger partial charge in [-0.3, -0.25) is 14.4 Å². The van der Waals surface area contributed by atoms with Crippen LogP contribution in [0, 0.1) is 11.3 Å². The number of amides is 2. The zero-order valence-electron chi connectivity index (χ0n) is 15.2. The summed E-state index contributed by atoms with van der Waals surface area (Å²) in [5, 5.41) is 0. The molecule has 3 aliphatic rings. The number of rotatable bonds is 5. The molecule has 1 aromatic rings. The Balaban J connectivity index is 1.36. The number of hydrogen-bond donors (Lipinski definition) is 0. The van der Waals surface area contributed by atoms with Gasteiger partial charge >= 0.3 is 0 Å². The van der Waals surface area contributed by atoms with Crippen molar-refractivity contribution in [3.05, 3.63) is 34.7 Å². The van der Waals surface area contributed by atoms with Crippen molar-refractivity contribution in [3.63, 3.8) is 0 Å². The average Bonchev–Trinajstić information content (AvgIpc) is 3.36. The van der Waals surface area contributed by atoms with Crippen LogP contribution in [0.5, 0.6) is 0 Å². The molecule has 2 amide bonds. The summed E-state index contributed by atoms with van der Waals surface area (Å²) in [4.78, 5) is 41.3. The molecule has 0 N–H and O–H groups in total. The van der Waals surface area contributed by atoms with Crippen LogP contribution in [0.1, 0.15) is 38.5 Å². The molecule has 1 atom stereocenters. The third kappa shape index (κ3) is 3.41. The molecular weight excluding hydrogens is 330 g/mol. The molecular formula is C20H27N3O3. The number of aryl methyl sites for hydroxylation is 1. The fourth-order valence-corrected chi connectivity index (χ4v) is 4.42. The lowest BCUT2D eigenvalue weighted by molar-refractivity contribution is -0.146. The van der Waals surface area contributed by atoms with Crippen molar-refractivity contribution in [3.8, 4) is 0 Å². The van der Waals surface area contributed by atoms with E-state index in [-0.39, 0.29) is 22.8 Å². The first kappa shape index (κ1) is 17.3. The minimum Gasteiger partial charge on any atom is -0.342 e. The van der Waals surface area contributed by atoms with Crippen molar-refractivity contribution in [1.82, 2.24) is 14.4 Å². The van der Waals surface area contributed by atoms with Crippen LogP contribution in [0.3, 0.4) is 0 Å². The first-order valence-electron chi connectivity index (χ1n) is 9.80. The highest BCUT2D eigenvalue weighted by Gasteiger charge is 2.49. The van der Waals surface area contributed by atoms with Gasteiger partial charge in [-0.15, -0.1) is 0 Å². The molecule has 6 nitrogen and oxygen atoms in total. The minimum absolute atomic E-state index is 0.0461. The first-order valence-corrected chi connectivity index (χ1v) is 9.80. The summed E-state index contributed by atoms with van der Waals surface area (Å²) in [6.45, 7) is 3.39. The van der Waals surface area contributed by atoms with Gasteiger partial charge in [0.1, 0.15) is 0 Å². The standard InChI is InChI=1S/C20H27N3O3/c24-17-4-1-2-10-21(17)12-7-18(25)23-13-9-20(15-23)8-3-11-22(19(20)26)14-16-5-6-16/h1-2,4,10,16H,3,5-9,11-15H2/t20-/m0/s1. The summed E-state index contributed by atoms with van der Waals surface area (Å²) in [5.41, 5.74) is -0.441. The molecule has 0 aromatic carbocycles. The number of nitrogens with zero attached hydrogens (tertiary/aromatic N) is 3. The van der Waals surface area contributed by atoms with Crippen LogP contribution in [0.2, 0.25) is 0 Å². The maximum atomic E-state index is 13.0. The van der Waals surface area contributed by atoms with Crippen LogP contribution in [-0.4, -0.2) is 52.4 Å². The highest BCUT2D eigenvalue weighted by Crippen LogP contribution is 2.41. The van der Waals surface area contributed by atoms with Crippen LogP contribution in [0.25, 0.3) is 0 Å². The average molecular weight is 357 g/mol. The SMILES string of the molecule is O=C(CCn1ccccc1=O)N1CC[C@@]2(CCCN(CC3CC3)C2=O)C1. The Labute approximate surface area is 153 Å². The smallest absolute Gasteiger partial charge is 0.250 e. The maximum absolute atomic E-state index is 13.0. The molecule has 26 heavy (non-hydrogen) atoms. The van der Waals surface area contributed by atoms with Gasteiger partial charge < -0.3 is 14.4 Å². The lowest BCUT2D eigenvalue weighted by Crippen LogP contribution is -2.51. The predicted molar refractivity (Wildman–Crippen MR) is 97.5 cm³/mol. The monoisotopic (exact) mass is 357 g/mol. The van der Waals surface area contributed by atoms with Crippen LogP contribution in [0.4, 0.5) is 0 Å². The van der Waals surface area contributed by atoms with Crippen molar-refractivity contribution in [2.75, 3.05) is 26.2 Å². The van der Waals surface area contributed by atoms with Gasteiger partial charge in [0.15, 0.2) is 0 Å². The fourth-order valence-electron chi connectivity index (χ4n) is 4.42. The number of carbonyl (C=O) groups excluding carboxylic acids is 2. The second kappa shape index (κ2) is 6.89. The van der Waals surface area contributed by atoms with Gasteiger partial charge in [-0.2, -0.15) is 0 Å². The van der Waals surface area contributed by atoms with Crippen molar-refractivity contribution < 1.29 is 9.59 Å². The van der Waals surface area contributed by atoms with Crippen molar-refractivity contribution in [2.45, 2.75) is 45.1 Å². The molecule has 4 rings (SSSR count). The van der Waals surface area contributed by atoms with Gasteiger partial charge in [-0.25, -0.2) is 0 Å². The molecule has 1 spiro atoms. The zero-order chi connectivity index (χ0) is 18.1. The number of likely N-dealkylation sites (tertiary alicyclic amines) is 2. The highest BCUT2D eigenvalue weighted by molar-refractivity contribution is 5.86. The summed E-state index contributed by atoms with van der Waals surface area (Å²) >= 11 is 0. The van der Waals surface area contributed by atoms with E-state index >= 15 is 0 Å². The quantitative estimate of drug-likeness (QED) is 0.802. The number of carbonyl (C=O) groups is 2. The summed E-state index contributed by atoms with van der Waals surface area (Å²) in [6.07, 6.45) is 7.24. The Bertz CT molecular complexity index is 755. The molecule has 6 heteroatoms. The van der Waals surface area contributed by atoms with E-state index in [0.29, 0.717) is 32.0 Å². The van der Waals surface area contributed by atoms with E-state index in [1.165, 1.54) is 18.9 Å². The topological polar surface area (TPSA) is 62.6 Å². The lowest BCUT2D eigenvalue weighted by atomic mass is 9.78. The van der Waals surface area contributed by atoms with Crippen LogP contribution in [0.15, 0.2) is 29.2 Å². The van der Waals surface area contributed by atoms with E-state index in [1.54, 1.807) is 22.9 Å². The van der Waals surface area contributed by atoms with E-state index < -0.39 is 0 Å². The van der Waals surface area contributed by atoms with E-state index in [0.717, 1.165) is 32.4 Å². The summed E-state index contributed by atoms with van der Waals surface area (Å²) in [6, 6.07) is 5.00. The van der Waals surface area contributed by atoms with Crippen molar-refractivity contribution in [1.29, 1.82) is 0 Å². The molecule has 0 bridgehead atoms. The Morgan fingerprint density at radius 2 is 2.00 bits per heavy atom. The summed E-state index contributed by atoms with van der Waals surface area (Å²) in [5.74, 6) is 1.02. The van der Waals surface area contributed by atoms with Gasteiger partial charge in [0.05, 0.1) is 5.41 Å². The Morgan fingerprint density at radius 3 is 2.77 bits per heavy atom. The predicted octanol–water partition coefficient (Wildman–Crippen LogP) is 1.49. The van der Waals surface area contributed by atoms with E-state index in [4.69, 9.17) is 0 Å². The second-order valence-corrected chi connectivity index (χ2v) is 8.13. The molecule has 0 unspecified atom stereocenters. The van der Waals surface area contributed by atoms with Gasteiger partial charge in [0.25, 0.3) is 5.56 Å². The number of hydrogen-bond acceptors (Lipinski definition) is 3. The molecule has 1 aromatic heterocycles. The first-order chi connectivity index (χ1) is 12.6. The Morgan fingerprint density at radius 1 is 1.15 bits per heavy atom. The molecule has 3 fully saturated rings. The molecule has 3 heterocycles. The Kier molecular flexibility index (Phi) is 4.59. The van der Waals surface area contributed by atoms with Gasteiger partial charge in [-0.05, 0) is 44.1 Å². The number of aromatic nitrogens is 1. The van der Waals surface area contributed by atoms with Crippen molar-refractivity contribution in [2.24, 2.45) is 11.3 Å². The normalized spacial score (nSPS) is 25.9. The number of piperidine rings is 1. The molecule has 1 aliphatic carbocycles. The van der Waals surface area contributed by atoms with E-state index in [9.17, 15) is 14.4 Å². The van der Waals surface area contributed by atoms with Crippen LogP contribution in [-0.2, 0) is 16.1 Å². The fraction of sp³-hybridized carbons (Fsp3) is 0.650. The van der Waals surface area contributed by atoms with Gasteiger partial charge in [0.2, 0.25) is 11.8 Å². The molecule has 0 radical (unpaired) electrons. The third-order valence-electron chi connectivity index (χ3n) is 6.17. The van der Waals surface area contributed by atoms with Gasteiger partial charge in [0, 0.05) is 51.4 Å². The minimum atomic E-state index is -0.355. The number of pyridine rings is 1.